The number of esters is 1. The second-order valence-electron chi connectivity index (χ2n) is 8.92. The Morgan fingerprint density at radius 3 is 1.50 bits per heavy atom. The molecule has 0 aromatic heterocycles. The summed E-state index contributed by atoms with van der Waals surface area (Å²) in [6, 6.07) is 10.4. The molecular formula is C29H52O2Se. The zero-order valence-corrected chi connectivity index (χ0v) is 23.2. The summed E-state index contributed by atoms with van der Waals surface area (Å²) in [7, 11) is 0. The molecule has 0 aliphatic heterocycles. The Hall–Kier alpha value is -0.791. The van der Waals surface area contributed by atoms with Crippen molar-refractivity contribution in [2.45, 2.75) is 135 Å². The second-order valence-corrected chi connectivity index (χ2v) is 9.58. The average Bonchev–Trinajstić information content (AvgIpc) is 2.82. The van der Waals surface area contributed by atoms with Crippen molar-refractivity contribution < 1.29 is 9.53 Å². The fourth-order valence-corrected chi connectivity index (χ4v) is 4.07. The van der Waals surface area contributed by atoms with Crippen molar-refractivity contribution in [2.24, 2.45) is 0 Å². The van der Waals surface area contributed by atoms with Crippen molar-refractivity contribution >= 4 is 22.0 Å². The molecule has 0 bridgehead atoms. The maximum absolute atomic E-state index is 11.4. The van der Waals surface area contributed by atoms with E-state index in [2.05, 4.69) is 54.1 Å². The first-order valence-electron chi connectivity index (χ1n) is 13.5. The summed E-state index contributed by atoms with van der Waals surface area (Å²) in [6.07, 6.45) is 23.1. The van der Waals surface area contributed by atoms with Gasteiger partial charge in [0.1, 0.15) is 0 Å². The minimum atomic E-state index is -0.00172. The maximum atomic E-state index is 11.4. The summed E-state index contributed by atoms with van der Waals surface area (Å²) >= 11 is 2.56. The molecule has 0 saturated carbocycles. The minimum absolute atomic E-state index is 0.00172. The van der Waals surface area contributed by atoms with Gasteiger partial charge < -0.3 is 4.74 Å². The Morgan fingerprint density at radius 2 is 1.09 bits per heavy atom. The molecule has 0 aliphatic rings. The van der Waals surface area contributed by atoms with Crippen molar-refractivity contribution in [1.29, 1.82) is 0 Å². The van der Waals surface area contributed by atoms with E-state index in [0.29, 0.717) is 13.0 Å². The summed E-state index contributed by atoms with van der Waals surface area (Å²) in [5.74, 6) is -0.00172. The molecule has 186 valence electrons. The van der Waals surface area contributed by atoms with Gasteiger partial charge in [-0.25, -0.2) is 0 Å². The Bertz CT molecular complexity index is 489. The molecule has 2 nitrogen and oxygen atoms in total. The van der Waals surface area contributed by atoms with E-state index in [9.17, 15) is 4.79 Å². The molecule has 1 rings (SSSR count). The quantitative estimate of drug-likeness (QED) is 0.0994. The molecule has 0 fully saturated rings. The van der Waals surface area contributed by atoms with Gasteiger partial charge in [-0.2, -0.15) is 0 Å². The summed E-state index contributed by atoms with van der Waals surface area (Å²) in [5, 5.41) is 1.08. The van der Waals surface area contributed by atoms with Gasteiger partial charge in [-0.1, -0.05) is 110 Å². The fourth-order valence-electron chi connectivity index (χ4n) is 3.63. The van der Waals surface area contributed by atoms with Crippen LogP contribution in [-0.4, -0.2) is 28.6 Å². The standard InChI is InChI=1S/C22H44O2.C7H8Se/c1-3-5-7-8-9-10-11-12-13-14-15-16-17-18-19-20-22(23)24-21-6-4-2;8-6-7-4-2-1-3-5-7/h3-21H2,1-2H3;1-5,8H,6H2. The van der Waals surface area contributed by atoms with Crippen LogP contribution in [0.2, 0.25) is 0 Å². The first-order valence-corrected chi connectivity index (χ1v) is 14.9. The van der Waals surface area contributed by atoms with Crippen LogP contribution in [0.3, 0.4) is 0 Å². The number of benzene rings is 1. The van der Waals surface area contributed by atoms with Crippen LogP contribution in [0, 0.1) is 0 Å². The molecule has 0 atom stereocenters. The summed E-state index contributed by atoms with van der Waals surface area (Å²) in [6.45, 7) is 5.00. The molecule has 3 heteroatoms. The van der Waals surface area contributed by atoms with Crippen LogP contribution in [0.1, 0.15) is 135 Å². The molecule has 1 aromatic rings. The van der Waals surface area contributed by atoms with Crippen LogP contribution in [0.15, 0.2) is 30.3 Å². The molecule has 0 radical (unpaired) electrons. The van der Waals surface area contributed by atoms with Crippen molar-refractivity contribution in [3.63, 3.8) is 0 Å². The fraction of sp³-hybridized carbons (Fsp3) is 0.759. The zero-order chi connectivity index (χ0) is 23.5. The van der Waals surface area contributed by atoms with Crippen LogP contribution in [0.4, 0.5) is 0 Å². The van der Waals surface area contributed by atoms with Gasteiger partial charge in [0.2, 0.25) is 0 Å². The molecule has 1 aromatic carbocycles. The number of unbranched alkanes of at least 4 members (excludes halogenated alkanes) is 15. The van der Waals surface area contributed by atoms with Crippen molar-refractivity contribution in [1.82, 2.24) is 0 Å². The molecule has 0 amide bonds. The van der Waals surface area contributed by atoms with Crippen LogP contribution >= 0.6 is 0 Å². The third-order valence-corrected chi connectivity index (χ3v) is 6.54. The van der Waals surface area contributed by atoms with E-state index in [0.717, 1.165) is 24.6 Å². The Labute approximate surface area is 208 Å². The van der Waals surface area contributed by atoms with E-state index in [-0.39, 0.29) is 5.97 Å². The SMILES string of the molecule is CCCCCCCCCCCCCCCCCC(=O)OCCCC.[SeH]Cc1ccccc1. The van der Waals surface area contributed by atoms with E-state index in [4.69, 9.17) is 4.74 Å². The topological polar surface area (TPSA) is 26.3 Å². The van der Waals surface area contributed by atoms with E-state index in [1.165, 1.54) is 95.5 Å². The van der Waals surface area contributed by atoms with Crippen LogP contribution in [0.5, 0.6) is 0 Å². The third kappa shape index (κ3) is 23.9. The first-order chi connectivity index (χ1) is 15.7. The number of hydrogen-bond donors (Lipinski definition) is 0. The van der Waals surface area contributed by atoms with Gasteiger partial charge in [-0.15, -0.1) is 0 Å². The number of carbonyl (C=O) groups excluding carboxylic acids is 1. The van der Waals surface area contributed by atoms with E-state index < -0.39 is 0 Å². The summed E-state index contributed by atoms with van der Waals surface area (Å²) in [4.78, 5) is 11.4. The van der Waals surface area contributed by atoms with Gasteiger partial charge in [0.05, 0.1) is 6.61 Å². The molecule has 0 unspecified atom stereocenters. The molecule has 0 spiro atoms. The van der Waals surface area contributed by atoms with Crippen LogP contribution in [-0.2, 0) is 14.9 Å². The Morgan fingerprint density at radius 1 is 0.656 bits per heavy atom. The molecule has 0 aliphatic carbocycles. The van der Waals surface area contributed by atoms with E-state index >= 15 is 0 Å². The van der Waals surface area contributed by atoms with Gasteiger partial charge in [-0.3, -0.25) is 4.79 Å². The summed E-state index contributed by atoms with van der Waals surface area (Å²) in [5.41, 5.74) is 1.38. The molecule has 32 heavy (non-hydrogen) atoms. The monoisotopic (exact) mass is 512 g/mol. The van der Waals surface area contributed by atoms with Gasteiger partial charge in [0.25, 0.3) is 0 Å². The Kier molecular flexibility index (Phi) is 25.8. The van der Waals surface area contributed by atoms with Gasteiger partial charge in [0.15, 0.2) is 0 Å². The molecule has 0 N–H and O–H groups in total. The predicted molar refractivity (Wildman–Crippen MR) is 143 cm³/mol. The van der Waals surface area contributed by atoms with Crippen molar-refractivity contribution in [3.8, 4) is 0 Å². The van der Waals surface area contributed by atoms with Gasteiger partial charge >= 0.3 is 63.2 Å². The molecule has 0 saturated heterocycles. The normalized spacial score (nSPS) is 10.5. The summed E-state index contributed by atoms with van der Waals surface area (Å²) < 4.78 is 5.16. The van der Waals surface area contributed by atoms with Crippen molar-refractivity contribution in [2.75, 3.05) is 6.61 Å². The number of ether oxygens (including phenoxy) is 1. The molecular weight excluding hydrogens is 459 g/mol. The third-order valence-electron chi connectivity index (χ3n) is 5.77. The zero-order valence-electron chi connectivity index (χ0n) is 21.3. The van der Waals surface area contributed by atoms with Gasteiger partial charge in [0, 0.05) is 6.42 Å². The van der Waals surface area contributed by atoms with Gasteiger partial charge in [-0.05, 0) is 12.8 Å². The van der Waals surface area contributed by atoms with Crippen LogP contribution < -0.4 is 0 Å². The average molecular weight is 512 g/mol. The second kappa shape index (κ2) is 26.5. The van der Waals surface area contributed by atoms with E-state index in [1.54, 1.807) is 0 Å². The van der Waals surface area contributed by atoms with Crippen LogP contribution in [0.25, 0.3) is 0 Å². The first kappa shape index (κ1) is 31.2. The molecule has 0 heterocycles. The predicted octanol–water partition coefficient (Wildman–Crippen LogP) is 8.68. The van der Waals surface area contributed by atoms with E-state index in [1.807, 2.05) is 6.07 Å². The number of rotatable bonds is 20. The Balaban J connectivity index is 0.000000995. The number of hydrogen-bond acceptors (Lipinski definition) is 2. The number of carbonyl (C=O) groups is 1. The van der Waals surface area contributed by atoms with Crippen molar-refractivity contribution in [3.05, 3.63) is 35.9 Å².